The number of rotatable bonds is 5. The number of Topliss-reactive ketones (excluding diaryl/α,β-unsaturated/α-hetero) is 1. The van der Waals surface area contributed by atoms with E-state index in [1.165, 1.54) is 12.1 Å². The summed E-state index contributed by atoms with van der Waals surface area (Å²) >= 11 is 0. The largest absolute Gasteiger partial charge is 0.339 e. The number of pyridine rings is 1. The smallest absolute Gasteiger partial charge is 0.186 e. The Labute approximate surface area is 143 Å². The number of carbonyl (C=O) groups excluding carboxylic acids is 1. The molecule has 0 amide bonds. The standard InChI is InChI=1S/C18H12FN5O/c19-13-4-5-16(23-10-13)15(9-20)18(25)12-2-1-3-14(8-12)24-17-11-21-6-7-22-17/h1-8,10-11,15H,(H,22,24)/t15-/m0/s1. The molecular weight excluding hydrogens is 321 g/mol. The van der Waals surface area contributed by atoms with Crippen molar-refractivity contribution in [3.8, 4) is 6.07 Å². The van der Waals surface area contributed by atoms with Gasteiger partial charge in [0.1, 0.15) is 11.6 Å². The lowest BCUT2D eigenvalue weighted by Crippen LogP contribution is -2.13. The molecule has 0 radical (unpaired) electrons. The summed E-state index contributed by atoms with van der Waals surface area (Å²) in [4.78, 5) is 24.5. The zero-order chi connectivity index (χ0) is 17.6. The fourth-order valence-electron chi connectivity index (χ4n) is 2.25. The van der Waals surface area contributed by atoms with Gasteiger partial charge in [0.15, 0.2) is 11.7 Å². The number of nitrogens with one attached hydrogen (secondary N) is 1. The molecule has 0 saturated heterocycles. The maximum absolute atomic E-state index is 13.0. The molecule has 25 heavy (non-hydrogen) atoms. The van der Waals surface area contributed by atoms with E-state index in [2.05, 4.69) is 20.3 Å². The predicted molar refractivity (Wildman–Crippen MR) is 88.6 cm³/mol. The number of hydrogen-bond acceptors (Lipinski definition) is 6. The molecule has 1 atom stereocenters. The van der Waals surface area contributed by atoms with E-state index in [0.29, 0.717) is 17.1 Å². The van der Waals surface area contributed by atoms with Crippen LogP contribution >= 0.6 is 0 Å². The van der Waals surface area contributed by atoms with E-state index in [9.17, 15) is 14.4 Å². The molecule has 2 heterocycles. The molecule has 7 heteroatoms. The molecule has 0 bridgehead atoms. The number of nitriles is 1. The Hall–Kier alpha value is -3.66. The number of aromatic nitrogens is 3. The van der Waals surface area contributed by atoms with Crippen molar-refractivity contribution in [3.63, 3.8) is 0 Å². The SMILES string of the molecule is N#C[C@H](C(=O)c1cccc(Nc2cnccn2)c1)c1ccc(F)cn1. The predicted octanol–water partition coefficient (Wildman–Crippen LogP) is 3.24. The summed E-state index contributed by atoms with van der Waals surface area (Å²) < 4.78 is 13.0. The first-order chi connectivity index (χ1) is 12.2. The molecule has 6 nitrogen and oxygen atoms in total. The fourth-order valence-corrected chi connectivity index (χ4v) is 2.25. The summed E-state index contributed by atoms with van der Waals surface area (Å²) in [6.07, 6.45) is 5.63. The Morgan fingerprint density at radius 3 is 2.72 bits per heavy atom. The number of ketones is 1. The van der Waals surface area contributed by atoms with Crippen LogP contribution in [0.25, 0.3) is 0 Å². The van der Waals surface area contributed by atoms with Gasteiger partial charge in [-0.05, 0) is 24.3 Å². The van der Waals surface area contributed by atoms with E-state index in [0.717, 1.165) is 6.20 Å². The molecule has 122 valence electrons. The molecule has 0 aliphatic rings. The van der Waals surface area contributed by atoms with Crippen LogP contribution in [-0.2, 0) is 0 Å². The highest BCUT2D eigenvalue weighted by molar-refractivity contribution is 6.03. The summed E-state index contributed by atoms with van der Waals surface area (Å²) in [7, 11) is 0. The second-order valence-corrected chi connectivity index (χ2v) is 5.12. The van der Waals surface area contributed by atoms with Gasteiger partial charge in [0.2, 0.25) is 0 Å². The molecule has 1 N–H and O–H groups in total. The number of halogens is 1. The maximum atomic E-state index is 13.0. The van der Waals surface area contributed by atoms with Crippen molar-refractivity contribution < 1.29 is 9.18 Å². The maximum Gasteiger partial charge on any atom is 0.186 e. The van der Waals surface area contributed by atoms with Gasteiger partial charge in [-0.25, -0.2) is 9.37 Å². The number of hydrogen-bond donors (Lipinski definition) is 1. The highest BCUT2D eigenvalue weighted by atomic mass is 19.1. The van der Waals surface area contributed by atoms with Gasteiger partial charge < -0.3 is 5.32 Å². The van der Waals surface area contributed by atoms with Crippen LogP contribution in [0.1, 0.15) is 22.0 Å². The number of benzene rings is 1. The summed E-state index contributed by atoms with van der Waals surface area (Å²) in [5.41, 5.74) is 1.18. The fraction of sp³-hybridized carbons (Fsp3) is 0.0556. The van der Waals surface area contributed by atoms with E-state index in [1.807, 2.05) is 6.07 Å². The minimum absolute atomic E-state index is 0.209. The third-order valence-electron chi connectivity index (χ3n) is 3.42. The lowest BCUT2D eigenvalue weighted by molar-refractivity contribution is 0.0977. The van der Waals surface area contributed by atoms with E-state index < -0.39 is 17.5 Å². The average Bonchev–Trinajstić information content (AvgIpc) is 2.65. The van der Waals surface area contributed by atoms with Crippen molar-refractivity contribution in [1.82, 2.24) is 15.0 Å². The number of carbonyl (C=O) groups is 1. The van der Waals surface area contributed by atoms with Crippen LogP contribution in [0.3, 0.4) is 0 Å². The van der Waals surface area contributed by atoms with Crippen molar-refractivity contribution in [2.75, 3.05) is 5.32 Å². The van der Waals surface area contributed by atoms with E-state index in [1.54, 1.807) is 42.9 Å². The molecule has 0 aliphatic heterocycles. The third-order valence-corrected chi connectivity index (χ3v) is 3.42. The van der Waals surface area contributed by atoms with E-state index in [-0.39, 0.29) is 5.69 Å². The lowest BCUT2D eigenvalue weighted by Gasteiger charge is -2.10. The van der Waals surface area contributed by atoms with Crippen LogP contribution < -0.4 is 5.32 Å². The topological polar surface area (TPSA) is 91.6 Å². The Balaban J connectivity index is 1.85. The highest BCUT2D eigenvalue weighted by Gasteiger charge is 2.23. The molecular formula is C18H12FN5O. The molecule has 0 unspecified atom stereocenters. The van der Waals surface area contributed by atoms with Crippen LogP contribution in [0.15, 0.2) is 61.2 Å². The normalized spacial score (nSPS) is 11.4. The average molecular weight is 333 g/mol. The molecule has 2 aromatic heterocycles. The summed E-state index contributed by atoms with van der Waals surface area (Å²) in [5, 5.41) is 12.4. The molecule has 0 aliphatic carbocycles. The first-order valence-corrected chi connectivity index (χ1v) is 7.36. The Morgan fingerprint density at radius 2 is 2.04 bits per heavy atom. The van der Waals surface area contributed by atoms with Crippen LogP contribution in [0.5, 0.6) is 0 Å². The minimum Gasteiger partial charge on any atom is -0.339 e. The Kier molecular flexibility index (Phi) is 4.72. The van der Waals surface area contributed by atoms with Crippen LogP contribution in [-0.4, -0.2) is 20.7 Å². The van der Waals surface area contributed by atoms with Crippen molar-refractivity contribution in [2.45, 2.75) is 5.92 Å². The van der Waals surface area contributed by atoms with Gasteiger partial charge in [0, 0.05) is 23.6 Å². The summed E-state index contributed by atoms with van der Waals surface area (Å²) in [5.74, 6) is -1.51. The van der Waals surface area contributed by atoms with Gasteiger partial charge in [-0.2, -0.15) is 5.26 Å². The molecule has 0 saturated carbocycles. The van der Waals surface area contributed by atoms with Gasteiger partial charge in [-0.3, -0.25) is 14.8 Å². The highest BCUT2D eigenvalue weighted by Crippen LogP contribution is 2.22. The molecule has 0 spiro atoms. The van der Waals surface area contributed by atoms with Gasteiger partial charge in [0.25, 0.3) is 0 Å². The molecule has 3 rings (SSSR count). The molecule has 0 fully saturated rings. The Bertz CT molecular complexity index is 922. The first-order valence-electron chi connectivity index (χ1n) is 7.36. The van der Waals surface area contributed by atoms with Crippen LogP contribution in [0.4, 0.5) is 15.9 Å². The quantitative estimate of drug-likeness (QED) is 0.721. The zero-order valence-electron chi connectivity index (χ0n) is 12.9. The second-order valence-electron chi connectivity index (χ2n) is 5.12. The van der Waals surface area contributed by atoms with Crippen molar-refractivity contribution in [2.24, 2.45) is 0 Å². The second kappa shape index (κ2) is 7.27. The van der Waals surface area contributed by atoms with E-state index in [4.69, 9.17) is 0 Å². The van der Waals surface area contributed by atoms with Crippen molar-refractivity contribution in [3.05, 3.63) is 78.3 Å². The van der Waals surface area contributed by atoms with Gasteiger partial charge >= 0.3 is 0 Å². The third kappa shape index (κ3) is 3.82. The Morgan fingerprint density at radius 1 is 1.16 bits per heavy atom. The minimum atomic E-state index is -1.10. The number of anilines is 2. The van der Waals surface area contributed by atoms with E-state index >= 15 is 0 Å². The van der Waals surface area contributed by atoms with Crippen molar-refractivity contribution >= 4 is 17.3 Å². The van der Waals surface area contributed by atoms with Crippen LogP contribution in [0.2, 0.25) is 0 Å². The molecule has 1 aromatic carbocycles. The van der Waals surface area contributed by atoms with Gasteiger partial charge in [-0.1, -0.05) is 12.1 Å². The van der Waals surface area contributed by atoms with Gasteiger partial charge in [-0.15, -0.1) is 0 Å². The molecule has 3 aromatic rings. The van der Waals surface area contributed by atoms with Gasteiger partial charge in [0.05, 0.1) is 24.2 Å². The first kappa shape index (κ1) is 16.2. The summed E-state index contributed by atoms with van der Waals surface area (Å²) in [6.45, 7) is 0. The zero-order valence-corrected chi connectivity index (χ0v) is 12.9. The van der Waals surface area contributed by atoms with Crippen molar-refractivity contribution in [1.29, 1.82) is 5.26 Å². The monoisotopic (exact) mass is 333 g/mol. The summed E-state index contributed by atoms with van der Waals surface area (Å²) in [6, 6.07) is 11.1. The lowest BCUT2D eigenvalue weighted by atomic mass is 9.95. The van der Waals surface area contributed by atoms with Crippen LogP contribution in [0, 0.1) is 17.1 Å². The number of nitrogens with zero attached hydrogens (tertiary/aromatic N) is 4.